The number of rotatable bonds is 4. The minimum Gasteiger partial charge on any atom is -0.474 e. The number of hydrogen-bond donors (Lipinski definition) is 1. The number of nitro benzene ring substituents is 1. The van der Waals surface area contributed by atoms with Gasteiger partial charge in [-0.05, 0) is 25.1 Å². The minimum absolute atomic E-state index is 0.214. The maximum atomic E-state index is 13.4. The van der Waals surface area contributed by atoms with Crippen LogP contribution >= 0.6 is 0 Å². The SMILES string of the molecule is C[C@@H](Oc1cc(F)ccc1[N+](=O)[O-])C(=O)N1CC(=O)Nc2ccccc21. The fourth-order valence-corrected chi connectivity index (χ4v) is 2.62. The van der Waals surface area contributed by atoms with Crippen LogP contribution in [-0.2, 0) is 9.59 Å². The van der Waals surface area contributed by atoms with Crippen LogP contribution in [-0.4, -0.2) is 29.4 Å². The number of nitrogens with zero attached hydrogens (tertiary/aromatic N) is 2. The Hall–Kier alpha value is -3.49. The van der Waals surface area contributed by atoms with Crippen molar-refractivity contribution >= 4 is 28.9 Å². The molecule has 0 unspecified atom stereocenters. The van der Waals surface area contributed by atoms with Gasteiger partial charge >= 0.3 is 5.69 Å². The molecule has 1 heterocycles. The molecular weight excluding hydrogens is 345 g/mol. The number of hydrogen-bond acceptors (Lipinski definition) is 5. The monoisotopic (exact) mass is 359 g/mol. The molecular formula is C17H14FN3O5. The van der Waals surface area contributed by atoms with E-state index in [-0.39, 0.29) is 18.2 Å². The molecule has 9 heteroatoms. The van der Waals surface area contributed by atoms with Crippen molar-refractivity contribution in [3.05, 3.63) is 58.4 Å². The van der Waals surface area contributed by atoms with Gasteiger partial charge in [-0.15, -0.1) is 0 Å². The summed E-state index contributed by atoms with van der Waals surface area (Å²) in [6.07, 6.45) is -1.17. The Balaban J connectivity index is 1.87. The smallest absolute Gasteiger partial charge is 0.311 e. The number of nitrogens with one attached hydrogen (secondary N) is 1. The summed E-state index contributed by atoms with van der Waals surface area (Å²) >= 11 is 0. The van der Waals surface area contributed by atoms with E-state index in [2.05, 4.69) is 5.32 Å². The first-order valence-electron chi connectivity index (χ1n) is 7.67. The van der Waals surface area contributed by atoms with Gasteiger partial charge in [0, 0.05) is 12.1 Å². The number of carbonyl (C=O) groups excluding carboxylic acids is 2. The third kappa shape index (κ3) is 3.32. The zero-order valence-electron chi connectivity index (χ0n) is 13.6. The fourth-order valence-electron chi connectivity index (χ4n) is 2.62. The van der Waals surface area contributed by atoms with Crippen LogP contribution in [0.5, 0.6) is 5.75 Å². The number of benzene rings is 2. The quantitative estimate of drug-likeness (QED) is 0.667. The highest BCUT2D eigenvalue weighted by molar-refractivity contribution is 6.10. The van der Waals surface area contributed by atoms with Gasteiger partial charge in [-0.3, -0.25) is 24.6 Å². The van der Waals surface area contributed by atoms with Crippen molar-refractivity contribution in [2.24, 2.45) is 0 Å². The predicted molar refractivity (Wildman–Crippen MR) is 90.6 cm³/mol. The van der Waals surface area contributed by atoms with E-state index in [4.69, 9.17) is 4.74 Å². The van der Waals surface area contributed by atoms with Crippen molar-refractivity contribution in [3.8, 4) is 5.75 Å². The van der Waals surface area contributed by atoms with E-state index in [1.54, 1.807) is 24.3 Å². The molecule has 0 fully saturated rings. The van der Waals surface area contributed by atoms with Crippen molar-refractivity contribution in [1.29, 1.82) is 0 Å². The maximum Gasteiger partial charge on any atom is 0.311 e. The number of para-hydroxylation sites is 2. The number of amides is 2. The molecule has 0 spiro atoms. The molecule has 0 bridgehead atoms. The van der Waals surface area contributed by atoms with Gasteiger partial charge in [0.15, 0.2) is 6.10 Å². The summed E-state index contributed by atoms with van der Waals surface area (Å²) in [6.45, 7) is 1.17. The molecule has 2 amide bonds. The lowest BCUT2D eigenvalue weighted by Gasteiger charge is -2.31. The first-order valence-corrected chi connectivity index (χ1v) is 7.67. The molecule has 8 nitrogen and oxygen atoms in total. The molecule has 2 aromatic rings. The summed E-state index contributed by atoms with van der Waals surface area (Å²) in [4.78, 5) is 36.1. The largest absolute Gasteiger partial charge is 0.474 e. The number of carbonyl (C=O) groups is 2. The predicted octanol–water partition coefficient (Wildman–Crippen LogP) is 2.49. The molecule has 1 N–H and O–H groups in total. The molecule has 0 saturated heterocycles. The van der Waals surface area contributed by atoms with E-state index in [1.165, 1.54) is 11.8 Å². The van der Waals surface area contributed by atoms with Gasteiger partial charge in [0.25, 0.3) is 5.91 Å². The maximum absolute atomic E-state index is 13.4. The van der Waals surface area contributed by atoms with Crippen molar-refractivity contribution in [3.63, 3.8) is 0 Å². The lowest BCUT2D eigenvalue weighted by Crippen LogP contribution is -2.47. The molecule has 0 aliphatic carbocycles. The Morgan fingerprint density at radius 3 is 2.81 bits per heavy atom. The number of ether oxygens (including phenoxy) is 1. The molecule has 1 aliphatic rings. The average molecular weight is 359 g/mol. The lowest BCUT2D eigenvalue weighted by molar-refractivity contribution is -0.386. The summed E-state index contributed by atoms with van der Waals surface area (Å²) in [5, 5.41) is 13.7. The van der Waals surface area contributed by atoms with Crippen LogP contribution in [0.2, 0.25) is 0 Å². The third-order valence-electron chi connectivity index (χ3n) is 3.81. The highest BCUT2D eigenvalue weighted by Gasteiger charge is 2.31. The molecule has 0 saturated carbocycles. The van der Waals surface area contributed by atoms with Gasteiger partial charge < -0.3 is 10.1 Å². The van der Waals surface area contributed by atoms with Crippen LogP contribution in [0.25, 0.3) is 0 Å². The van der Waals surface area contributed by atoms with Gasteiger partial charge in [-0.2, -0.15) is 0 Å². The highest BCUT2D eigenvalue weighted by atomic mass is 19.1. The van der Waals surface area contributed by atoms with E-state index in [9.17, 15) is 24.1 Å². The van der Waals surface area contributed by atoms with Crippen LogP contribution in [0.1, 0.15) is 6.92 Å². The standard InChI is InChI=1S/C17H14FN3O5/c1-10(26-15-8-11(18)6-7-14(15)21(24)25)17(23)20-9-16(22)19-12-4-2-3-5-13(12)20/h2-8,10H,9H2,1H3,(H,19,22)/t10-/m1/s1. The van der Waals surface area contributed by atoms with Gasteiger partial charge in [0.2, 0.25) is 11.7 Å². The normalized spacial score (nSPS) is 14.2. The molecule has 2 aromatic carbocycles. The first kappa shape index (κ1) is 17.3. The van der Waals surface area contributed by atoms with Gasteiger partial charge in [0.05, 0.1) is 16.3 Å². The third-order valence-corrected chi connectivity index (χ3v) is 3.81. The summed E-state index contributed by atoms with van der Waals surface area (Å²) < 4.78 is 18.8. The Bertz CT molecular complexity index is 902. The minimum atomic E-state index is -1.17. The molecule has 0 aromatic heterocycles. The zero-order chi connectivity index (χ0) is 18.8. The number of anilines is 2. The zero-order valence-corrected chi connectivity index (χ0v) is 13.6. The molecule has 1 atom stereocenters. The number of nitro groups is 1. The topological polar surface area (TPSA) is 102 Å². The Morgan fingerprint density at radius 2 is 2.08 bits per heavy atom. The van der Waals surface area contributed by atoms with Crippen molar-refractivity contribution in [2.75, 3.05) is 16.8 Å². The van der Waals surface area contributed by atoms with Crippen molar-refractivity contribution in [1.82, 2.24) is 0 Å². The summed E-state index contributed by atoms with van der Waals surface area (Å²) in [7, 11) is 0. The van der Waals surface area contributed by atoms with Crippen LogP contribution in [0.3, 0.4) is 0 Å². The van der Waals surface area contributed by atoms with Gasteiger partial charge in [0.1, 0.15) is 12.4 Å². The Morgan fingerprint density at radius 1 is 1.35 bits per heavy atom. The molecule has 3 rings (SSSR count). The van der Waals surface area contributed by atoms with Crippen molar-refractivity contribution in [2.45, 2.75) is 13.0 Å². The van der Waals surface area contributed by atoms with Crippen LogP contribution in [0, 0.1) is 15.9 Å². The Labute approximate surface area is 147 Å². The van der Waals surface area contributed by atoms with Crippen LogP contribution in [0.4, 0.5) is 21.5 Å². The Kier molecular flexibility index (Phi) is 4.53. The summed E-state index contributed by atoms with van der Waals surface area (Å²) in [6, 6.07) is 9.47. The van der Waals surface area contributed by atoms with E-state index in [0.29, 0.717) is 11.4 Å². The summed E-state index contributed by atoms with van der Waals surface area (Å²) in [5.74, 6) is -2.04. The van der Waals surface area contributed by atoms with Crippen LogP contribution < -0.4 is 15.0 Å². The summed E-state index contributed by atoms with van der Waals surface area (Å²) in [5.41, 5.74) is 0.505. The molecule has 134 valence electrons. The first-order chi connectivity index (χ1) is 12.4. The van der Waals surface area contributed by atoms with E-state index in [1.807, 2.05) is 0 Å². The fraction of sp³-hybridized carbons (Fsp3) is 0.176. The van der Waals surface area contributed by atoms with E-state index < -0.39 is 28.4 Å². The lowest BCUT2D eigenvalue weighted by atomic mass is 10.1. The molecule has 26 heavy (non-hydrogen) atoms. The van der Waals surface area contributed by atoms with Gasteiger partial charge in [-0.1, -0.05) is 12.1 Å². The number of halogens is 1. The second kappa shape index (κ2) is 6.79. The van der Waals surface area contributed by atoms with E-state index >= 15 is 0 Å². The average Bonchev–Trinajstić information content (AvgIpc) is 2.60. The second-order valence-corrected chi connectivity index (χ2v) is 5.62. The van der Waals surface area contributed by atoms with Gasteiger partial charge in [-0.25, -0.2) is 4.39 Å². The number of fused-ring (bicyclic) bond motifs is 1. The van der Waals surface area contributed by atoms with E-state index in [0.717, 1.165) is 18.2 Å². The molecule has 0 radical (unpaired) electrons. The van der Waals surface area contributed by atoms with Crippen molar-refractivity contribution < 1.29 is 23.6 Å². The van der Waals surface area contributed by atoms with Crippen LogP contribution in [0.15, 0.2) is 42.5 Å². The highest BCUT2D eigenvalue weighted by Crippen LogP contribution is 2.31. The second-order valence-electron chi connectivity index (χ2n) is 5.62. The molecule has 1 aliphatic heterocycles.